The molecule has 2 aromatic rings. The third-order valence-electron chi connectivity index (χ3n) is 4.16. The van der Waals surface area contributed by atoms with E-state index in [4.69, 9.17) is 0 Å². The first-order valence-corrected chi connectivity index (χ1v) is 10.9. The van der Waals surface area contributed by atoms with Crippen LogP contribution in [0.5, 0.6) is 0 Å². The first kappa shape index (κ1) is 17.1. The Morgan fingerprint density at radius 1 is 0.958 bits per heavy atom. The lowest BCUT2D eigenvalue weighted by Gasteiger charge is -2.23. The Hall–Kier alpha value is -1.70. The Labute approximate surface area is 142 Å². The fourth-order valence-corrected chi connectivity index (χ4v) is 6.55. The quantitative estimate of drug-likeness (QED) is 0.901. The summed E-state index contributed by atoms with van der Waals surface area (Å²) >= 11 is 0. The summed E-state index contributed by atoms with van der Waals surface area (Å²) < 4.78 is 50.9. The Kier molecular flexibility index (Phi) is 4.27. The van der Waals surface area contributed by atoms with Crippen molar-refractivity contribution in [2.24, 2.45) is 0 Å². The van der Waals surface area contributed by atoms with Crippen molar-refractivity contribution in [1.82, 2.24) is 4.72 Å². The van der Waals surface area contributed by atoms with Crippen molar-refractivity contribution < 1.29 is 16.8 Å². The predicted octanol–water partition coefficient (Wildman–Crippen LogP) is 2.21. The summed E-state index contributed by atoms with van der Waals surface area (Å²) in [5.41, 5.74) is 0.975. The minimum absolute atomic E-state index is 0.0129. The van der Waals surface area contributed by atoms with Crippen LogP contribution in [0.4, 0.5) is 0 Å². The van der Waals surface area contributed by atoms with Gasteiger partial charge in [-0.3, -0.25) is 0 Å². The second-order valence-corrected chi connectivity index (χ2v) is 10.3. The van der Waals surface area contributed by atoms with Gasteiger partial charge in [-0.05, 0) is 36.6 Å². The molecule has 1 N–H and O–H groups in total. The van der Waals surface area contributed by atoms with Crippen LogP contribution in [0.25, 0.3) is 11.1 Å². The summed E-state index contributed by atoms with van der Waals surface area (Å²) in [7, 11) is -6.94. The Morgan fingerprint density at radius 2 is 1.54 bits per heavy atom. The Balaban J connectivity index is 1.83. The first-order chi connectivity index (χ1) is 11.2. The molecule has 1 fully saturated rings. The van der Waals surface area contributed by atoms with Crippen molar-refractivity contribution >= 4 is 19.9 Å². The molecule has 7 heteroatoms. The van der Waals surface area contributed by atoms with Crippen LogP contribution < -0.4 is 4.72 Å². The van der Waals surface area contributed by atoms with E-state index in [0.717, 1.165) is 11.1 Å². The number of nitrogens with one attached hydrogen (secondary N) is 1. The summed E-state index contributed by atoms with van der Waals surface area (Å²) in [6.07, 6.45) is 0.288. The maximum absolute atomic E-state index is 12.5. The molecule has 0 radical (unpaired) electrons. The van der Waals surface area contributed by atoms with E-state index in [9.17, 15) is 16.8 Å². The molecule has 1 atom stereocenters. The lowest BCUT2D eigenvalue weighted by atomic mass is 10.0. The molecule has 1 heterocycles. The maximum atomic E-state index is 12.5. The summed E-state index contributed by atoms with van der Waals surface area (Å²) in [4.78, 5) is 0.132. The van der Waals surface area contributed by atoms with E-state index >= 15 is 0 Å². The van der Waals surface area contributed by atoms with Crippen LogP contribution in [0.1, 0.15) is 13.3 Å². The molecule has 0 aliphatic carbocycles. The standard InChI is InChI=1S/C17H19NO4S2/c1-17(11-12-23(19,20)13-17)18-24(21,22)16-9-7-15(8-10-16)14-5-3-2-4-6-14/h2-10,18H,11-13H2,1H3. The van der Waals surface area contributed by atoms with E-state index in [1.165, 1.54) is 12.1 Å². The third kappa shape index (κ3) is 3.68. The molecule has 0 saturated carbocycles. The van der Waals surface area contributed by atoms with Crippen LogP contribution in [-0.2, 0) is 19.9 Å². The number of benzene rings is 2. The molecule has 1 aliphatic heterocycles. The lowest BCUT2D eigenvalue weighted by Crippen LogP contribution is -2.46. The van der Waals surface area contributed by atoms with Crippen molar-refractivity contribution in [2.45, 2.75) is 23.8 Å². The van der Waals surface area contributed by atoms with Crippen molar-refractivity contribution in [3.8, 4) is 11.1 Å². The normalized spacial score (nSPS) is 23.2. The molecule has 1 unspecified atom stereocenters. The molecule has 0 bridgehead atoms. The van der Waals surface area contributed by atoms with Crippen LogP contribution in [0.15, 0.2) is 59.5 Å². The lowest BCUT2D eigenvalue weighted by molar-refractivity contribution is 0.462. The highest BCUT2D eigenvalue weighted by atomic mass is 32.2. The Morgan fingerprint density at radius 3 is 2.08 bits per heavy atom. The zero-order chi connectivity index (χ0) is 17.4. The molecule has 128 valence electrons. The minimum Gasteiger partial charge on any atom is -0.229 e. The van der Waals surface area contributed by atoms with Crippen molar-refractivity contribution in [2.75, 3.05) is 11.5 Å². The number of hydrogen-bond donors (Lipinski definition) is 1. The van der Waals surface area contributed by atoms with Gasteiger partial charge in [0, 0.05) is 5.54 Å². The number of rotatable bonds is 4. The van der Waals surface area contributed by atoms with Gasteiger partial charge >= 0.3 is 0 Å². The average molecular weight is 365 g/mol. The molecule has 24 heavy (non-hydrogen) atoms. The molecular formula is C17H19NO4S2. The summed E-state index contributed by atoms with van der Waals surface area (Å²) in [5, 5.41) is 0. The van der Waals surface area contributed by atoms with Gasteiger partial charge in [0.1, 0.15) is 0 Å². The van der Waals surface area contributed by atoms with E-state index in [0.29, 0.717) is 0 Å². The zero-order valence-electron chi connectivity index (χ0n) is 13.3. The highest BCUT2D eigenvalue weighted by Gasteiger charge is 2.41. The number of hydrogen-bond acceptors (Lipinski definition) is 4. The van der Waals surface area contributed by atoms with E-state index in [-0.39, 0.29) is 22.8 Å². The van der Waals surface area contributed by atoms with Crippen LogP contribution >= 0.6 is 0 Å². The molecule has 2 aromatic carbocycles. The molecule has 5 nitrogen and oxygen atoms in total. The fourth-order valence-electron chi connectivity index (χ4n) is 2.93. The molecule has 1 saturated heterocycles. The van der Waals surface area contributed by atoms with Gasteiger partial charge < -0.3 is 0 Å². The van der Waals surface area contributed by atoms with Crippen LogP contribution in [0.2, 0.25) is 0 Å². The van der Waals surface area contributed by atoms with E-state index < -0.39 is 25.4 Å². The summed E-state index contributed by atoms with van der Waals surface area (Å²) in [6, 6.07) is 16.2. The molecular weight excluding hydrogens is 346 g/mol. The molecule has 1 aliphatic rings. The van der Waals surface area contributed by atoms with Gasteiger partial charge in [-0.15, -0.1) is 0 Å². The van der Waals surface area contributed by atoms with Gasteiger partial charge in [-0.1, -0.05) is 42.5 Å². The second-order valence-electron chi connectivity index (χ2n) is 6.40. The highest BCUT2D eigenvalue weighted by molar-refractivity contribution is 7.92. The average Bonchev–Trinajstić information content (AvgIpc) is 2.81. The zero-order valence-corrected chi connectivity index (χ0v) is 14.9. The first-order valence-electron chi connectivity index (χ1n) is 7.59. The van der Waals surface area contributed by atoms with Gasteiger partial charge in [0.25, 0.3) is 0 Å². The third-order valence-corrected chi connectivity index (χ3v) is 7.71. The maximum Gasteiger partial charge on any atom is 0.241 e. The highest BCUT2D eigenvalue weighted by Crippen LogP contribution is 2.26. The minimum atomic E-state index is -3.77. The predicted molar refractivity (Wildman–Crippen MR) is 93.9 cm³/mol. The van der Waals surface area contributed by atoms with Gasteiger partial charge in [-0.25, -0.2) is 21.6 Å². The van der Waals surface area contributed by atoms with Crippen molar-refractivity contribution in [3.63, 3.8) is 0 Å². The van der Waals surface area contributed by atoms with Crippen LogP contribution in [0.3, 0.4) is 0 Å². The van der Waals surface area contributed by atoms with Crippen molar-refractivity contribution in [3.05, 3.63) is 54.6 Å². The van der Waals surface area contributed by atoms with E-state index in [1.54, 1.807) is 19.1 Å². The monoisotopic (exact) mass is 365 g/mol. The smallest absolute Gasteiger partial charge is 0.229 e. The largest absolute Gasteiger partial charge is 0.241 e. The van der Waals surface area contributed by atoms with Gasteiger partial charge in [0.05, 0.1) is 16.4 Å². The SMILES string of the molecule is CC1(NS(=O)(=O)c2ccc(-c3ccccc3)cc2)CCS(=O)(=O)C1. The van der Waals surface area contributed by atoms with E-state index in [2.05, 4.69) is 4.72 Å². The Bertz CT molecular complexity index is 936. The second kappa shape index (κ2) is 5.98. The van der Waals surface area contributed by atoms with Crippen LogP contribution in [0, 0.1) is 0 Å². The molecule has 0 amide bonds. The summed E-state index contributed by atoms with van der Waals surface area (Å²) in [6.45, 7) is 1.63. The number of sulfone groups is 1. The fraction of sp³-hybridized carbons (Fsp3) is 0.294. The van der Waals surface area contributed by atoms with Gasteiger partial charge in [-0.2, -0.15) is 0 Å². The topological polar surface area (TPSA) is 80.3 Å². The molecule has 3 rings (SSSR count). The summed E-state index contributed by atoms with van der Waals surface area (Å²) in [5.74, 6) is -0.152. The van der Waals surface area contributed by atoms with Gasteiger partial charge in [0.2, 0.25) is 10.0 Å². The van der Waals surface area contributed by atoms with Gasteiger partial charge in [0.15, 0.2) is 9.84 Å². The van der Waals surface area contributed by atoms with E-state index in [1.807, 2.05) is 30.3 Å². The van der Waals surface area contributed by atoms with Crippen LogP contribution in [-0.4, -0.2) is 33.9 Å². The van der Waals surface area contributed by atoms with Crippen molar-refractivity contribution in [1.29, 1.82) is 0 Å². The number of sulfonamides is 1. The molecule has 0 spiro atoms. The molecule has 0 aromatic heterocycles.